The first-order valence-corrected chi connectivity index (χ1v) is 7.32. The van der Waals surface area contributed by atoms with Crippen molar-refractivity contribution in [2.45, 2.75) is 13.0 Å². The SMILES string of the molecule is C[C@@H](NC(=O)Nc1ccc(F)cn1)c1ncc(-c2ccccc2)o1. The van der Waals surface area contributed by atoms with Gasteiger partial charge in [0.2, 0.25) is 5.89 Å². The van der Waals surface area contributed by atoms with E-state index in [0.717, 1.165) is 11.8 Å². The maximum Gasteiger partial charge on any atom is 0.321 e. The number of aromatic nitrogens is 2. The second kappa shape index (κ2) is 6.91. The summed E-state index contributed by atoms with van der Waals surface area (Å²) in [4.78, 5) is 19.9. The van der Waals surface area contributed by atoms with Crippen LogP contribution in [0.5, 0.6) is 0 Å². The van der Waals surface area contributed by atoms with Crippen molar-refractivity contribution in [1.29, 1.82) is 0 Å². The molecule has 0 bridgehead atoms. The standard InChI is InChI=1S/C17H15FN4O2/c1-11(21-17(23)22-15-8-7-13(18)9-19-15)16-20-10-14(24-16)12-5-3-2-4-6-12/h2-11H,1H3,(H2,19,21,22,23)/t11-/m1/s1. The van der Waals surface area contributed by atoms with Crippen LogP contribution in [-0.2, 0) is 0 Å². The Labute approximate surface area is 137 Å². The molecule has 1 aromatic carbocycles. The molecule has 3 aromatic rings. The summed E-state index contributed by atoms with van der Waals surface area (Å²) >= 11 is 0. The minimum absolute atomic E-state index is 0.249. The number of anilines is 1. The summed E-state index contributed by atoms with van der Waals surface area (Å²) in [5.74, 6) is 0.789. The lowest BCUT2D eigenvalue weighted by molar-refractivity contribution is 0.247. The molecule has 1 atom stereocenters. The molecule has 0 unspecified atom stereocenters. The average molecular weight is 326 g/mol. The van der Waals surface area contributed by atoms with Crippen molar-refractivity contribution < 1.29 is 13.6 Å². The zero-order chi connectivity index (χ0) is 16.9. The number of benzene rings is 1. The Morgan fingerprint density at radius 2 is 1.92 bits per heavy atom. The monoisotopic (exact) mass is 326 g/mol. The normalized spacial score (nSPS) is 11.8. The highest BCUT2D eigenvalue weighted by molar-refractivity contribution is 5.88. The van der Waals surface area contributed by atoms with Crippen LogP contribution in [0.25, 0.3) is 11.3 Å². The molecule has 0 radical (unpaired) electrons. The van der Waals surface area contributed by atoms with Crippen LogP contribution in [0.3, 0.4) is 0 Å². The van der Waals surface area contributed by atoms with Gasteiger partial charge in [-0.25, -0.2) is 19.2 Å². The lowest BCUT2D eigenvalue weighted by Gasteiger charge is -2.11. The number of halogens is 1. The highest BCUT2D eigenvalue weighted by atomic mass is 19.1. The average Bonchev–Trinajstić information content (AvgIpc) is 3.08. The molecule has 0 saturated carbocycles. The largest absolute Gasteiger partial charge is 0.438 e. The minimum atomic E-state index is -0.485. The topological polar surface area (TPSA) is 80.0 Å². The molecule has 2 N–H and O–H groups in total. The molecule has 2 amide bonds. The van der Waals surface area contributed by atoms with Crippen molar-refractivity contribution in [3.63, 3.8) is 0 Å². The second-order valence-electron chi connectivity index (χ2n) is 5.11. The van der Waals surface area contributed by atoms with Gasteiger partial charge in [-0.2, -0.15) is 0 Å². The zero-order valence-electron chi connectivity index (χ0n) is 12.9. The molecule has 0 aliphatic carbocycles. The maximum atomic E-state index is 12.8. The van der Waals surface area contributed by atoms with Crippen molar-refractivity contribution in [3.8, 4) is 11.3 Å². The number of carbonyl (C=O) groups is 1. The first-order valence-electron chi connectivity index (χ1n) is 7.32. The van der Waals surface area contributed by atoms with E-state index in [0.29, 0.717) is 11.7 Å². The smallest absolute Gasteiger partial charge is 0.321 e. The van der Waals surface area contributed by atoms with Gasteiger partial charge in [-0.1, -0.05) is 30.3 Å². The van der Waals surface area contributed by atoms with E-state index in [1.807, 2.05) is 30.3 Å². The molecule has 24 heavy (non-hydrogen) atoms. The van der Waals surface area contributed by atoms with Crippen molar-refractivity contribution in [1.82, 2.24) is 15.3 Å². The van der Waals surface area contributed by atoms with Gasteiger partial charge in [0.05, 0.1) is 12.4 Å². The van der Waals surface area contributed by atoms with Gasteiger partial charge in [0, 0.05) is 5.56 Å². The number of carbonyl (C=O) groups excluding carboxylic acids is 1. The molecule has 3 rings (SSSR count). The van der Waals surface area contributed by atoms with Crippen LogP contribution in [0.2, 0.25) is 0 Å². The number of hydrogen-bond acceptors (Lipinski definition) is 4. The summed E-state index contributed by atoms with van der Waals surface area (Å²) in [6.45, 7) is 1.75. The first-order chi connectivity index (χ1) is 11.6. The van der Waals surface area contributed by atoms with Crippen LogP contribution in [0, 0.1) is 5.82 Å². The molecule has 0 fully saturated rings. The molecule has 2 aromatic heterocycles. The molecule has 0 aliphatic heterocycles. The lowest BCUT2D eigenvalue weighted by atomic mass is 10.2. The Morgan fingerprint density at radius 1 is 1.12 bits per heavy atom. The number of hydrogen-bond donors (Lipinski definition) is 2. The van der Waals surface area contributed by atoms with Crippen molar-refractivity contribution in [3.05, 3.63) is 66.6 Å². The number of nitrogens with one attached hydrogen (secondary N) is 2. The van der Waals surface area contributed by atoms with Crippen molar-refractivity contribution in [2.75, 3.05) is 5.32 Å². The number of oxazole rings is 1. The van der Waals surface area contributed by atoms with Gasteiger partial charge < -0.3 is 9.73 Å². The van der Waals surface area contributed by atoms with Crippen molar-refractivity contribution >= 4 is 11.8 Å². The molecule has 0 aliphatic rings. The van der Waals surface area contributed by atoms with E-state index in [9.17, 15) is 9.18 Å². The minimum Gasteiger partial charge on any atom is -0.438 e. The molecule has 122 valence electrons. The van der Waals surface area contributed by atoms with Gasteiger partial charge in [0.1, 0.15) is 17.7 Å². The Hall–Kier alpha value is -3.22. The number of pyridine rings is 1. The molecule has 2 heterocycles. The quantitative estimate of drug-likeness (QED) is 0.765. The van der Waals surface area contributed by atoms with Gasteiger partial charge in [-0.3, -0.25) is 5.32 Å². The first kappa shape index (κ1) is 15.7. The number of amides is 2. The van der Waals surface area contributed by atoms with Gasteiger partial charge in [-0.05, 0) is 19.1 Å². The zero-order valence-corrected chi connectivity index (χ0v) is 12.9. The lowest BCUT2D eigenvalue weighted by Crippen LogP contribution is -2.31. The molecule has 6 nitrogen and oxygen atoms in total. The summed E-state index contributed by atoms with van der Waals surface area (Å²) in [6, 6.07) is 11.2. The van der Waals surface area contributed by atoms with E-state index in [1.165, 1.54) is 12.1 Å². The summed E-state index contributed by atoms with van der Waals surface area (Å²) in [5.41, 5.74) is 0.906. The van der Waals surface area contributed by atoms with Crippen LogP contribution >= 0.6 is 0 Å². The van der Waals surface area contributed by atoms with Gasteiger partial charge >= 0.3 is 6.03 Å². The molecular formula is C17H15FN4O2. The third-order valence-electron chi connectivity index (χ3n) is 3.27. The van der Waals surface area contributed by atoms with Crippen LogP contribution < -0.4 is 10.6 Å². The predicted molar refractivity (Wildman–Crippen MR) is 86.7 cm³/mol. The Balaban J connectivity index is 1.62. The van der Waals surface area contributed by atoms with Gasteiger partial charge in [0.25, 0.3) is 0 Å². The fourth-order valence-electron chi connectivity index (χ4n) is 2.08. The fourth-order valence-corrected chi connectivity index (χ4v) is 2.08. The van der Waals surface area contributed by atoms with E-state index in [1.54, 1.807) is 13.1 Å². The number of rotatable bonds is 4. The molecule has 0 saturated heterocycles. The van der Waals surface area contributed by atoms with Crippen LogP contribution in [0.4, 0.5) is 15.0 Å². The maximum absolute atomic E-state index is 12.8. The molecule has 0 spiro atoms. The van der Waals surface area contributed by atoms with E-state index in [-0.39, 0.29) is 5.82 Å². The van der Waals surface area contributed by atoms with E-state index in [4.69, 9.17) is 4.42 Å². The fraction of sp³-hybridized carbons (Fsp3) is 0.118. The summed E-state index contributed by atoms with van der Waals surface area (Å²) < 4.78 is 18.5. The third kappa shape index (κ3) is 3.75. The Morgan fingerprint density at radius 3 is 2.62 bits per heavy atom. The summed E-state index contributed by atoms with van der Waals surface area (Å²) in [6.07, 6.45) is 2.64. The van der Waals surface area contributed by atoms with E-state index < -0.39 is 17.9 Å². The Kier molecular flexibility index (Phi) is 4.51. The number of urea groups is 1. The highest BCUT2D eigenvalue weighted by Gasteiger charge is 2.16. The third-order valence-corrected chi connectivity index (χ3v) is 3.27. The van der Waals surface area contributed by atoms with Gasteiger partial charge in [0.15, 0.2) is 5.76 Å². The van der Waals surface area contributed by atoms with Crippen LogP contribution in [0.1, 0.15) is 18.9 Å². The van der Waals surface area contributed by atoms with Crippen LogP contribution in [-0.4, -0.2) is 16.0 Å². The molecular weight excluding hydrogens is 311 g/mol. The predicted octanol–water partition coefficient (Wildman–Crippen LogP) is 3.76. The summed E-state index contributed by atoms with van der Waals surface area (Å²) in [7, 11) is 0. The number of nitrogens with zero attached hydrogens (tertiary/aromatic N) is 2. The highest BCUT2D eigenvalue weighted by Crippen LogP contribution is 2.22. The van der Waals surface area contributed by atoms with E-state index >= 15 is 0 Å². The van der Waals surface area contributed by atoms with E-state index in [2.05, 4.69) is 20.6 Å². The van der Waals surface area contributed by atoms with Crippen LogP contribution in [0.15, 0.2) is 59.3 Å². The Bertz CT molecular complexity index is 818. The van der Waals surface area contributed by atoms with Gasteiger partial charge in [-0.15, -0.1) is 0 Å². The second-order valence-corrected chi connectivity index (χ2v) is 5.11. The summed E-state index contributed by atoms with van der Waals surface area (Å²) in [5, 5.41) is 5.20. The van der Waals surface area contributed by atoms with Crippen molar-refractivity contribution in [2.24, 2.45) is 0 Å². The molecule has 7 heteroatoms.